The molecule has 0 bridgehead atoms. The van der Waals surface area contributed by atoms with Crippen LogP contribution in [0.15, 0.2) is 24.3 Å². The fraction of sp³-hybridized carbons (Fsp3) is 0.529. The van der Waals surface area contributed by atoms with Gasteiger partial charge in [0, 0.05) is 12.2 Å². The molecule has 0 radical (unpaired) electrons. The molecule has 0 aromatic heterocycles. The number of rotatable bonds is 7. The number of hydrogen-bond donors (Lipinski definition) is 1. The third-order valence-corrected chi connectivity index (χ3v) is 3.91. The van der Waals surface area contributed by atoms with E-state index in [4.69, 9.17) is 12.2 Å². The van der Waals surface area contributed by atoms with Crippen molar-refractivity contribution < 1.29 is 0 Å². The van der Waals surface area contributed by atoms with Gasteiger partial charge in [0.2, 0.25) is 0 Å². The van der Waals surface area contributed by atoms with Gasteiger partial charge in [0.05, 0.1) is 6.54 Å². The Morgan fingerprint density at radius 3 is 2.63 bits per heavy atom. The molecule has 1 saturated carbocycles. The van der Waals surface area contributed by atoms with Gasteiger partial charge in [-0.3, -0.25) is 4.90 Å². The lowest BCUT2D eigenvalue weighted by Crippen LogP contribution is -2.28. The van der Waals surface area contributed by atoms with E-state index in [1.807, 2.05) is 12.1 Å². The van der Waals surface area contributed by atoms with Gasteiger partial charge in [-0.15, -0.1) is 6.42 Å². The van der Waals surface area contributed by atoms with Crippen molar-refractivity contribution in [2.45, 2.75) is 32.1 Å². The molecule has 1 atom stereocenters. The summed E-state index contributed by atoms with van der Waals surface area (Å²) in [5.41, 5.74) is 7.91. The zero-order valence-corrected chi connectivity index (χ0v) is 11.8. The molecule has 1 unspecified atom stereocenters. The van der Waals surface area contributed by atoms with Crippen LogP contribution in [-0.4, -0.2) is 24.5 Å². The van der Waals surface area contributed by atoms with E-state index in [1.165, 1.54) is 24.9 Å². The Balaban J connectivity index is 1.81. The van der Waals surface area contributed by atoms with Gasteiger partial charge in [0.25, 0.3) is 0 Å². The minimum Gasteiger partial charge on any atom is -0.399 e. The van der Waals surface area contributed by atoms with Crippen LogP contribution in [0.5, 0.6) is 0 Å². The van der Waals surface area contributed by atoms with Gasteiger partial charge in [-0.2, -0.15) is 0 Å². The largest absolute Gasteiger partial charge is 0.399 e. The van der Waals surface area contributed by atoms with E-state index in [-0.39, 0.29) is 0 Å². The highest BCUT2D eigenvalue weighted by atomic mass is 15.1. The highest BCUT2D eigenvalue weighted by molar-refractivity contribution is 5.40. The number of terminal acetylenes is 1. The summed E-state index contributed by atoms with van der Waals surface area (Å²) in [7, 11) is 0. The molecule has 1 aliphatic carbocycles. The maximum absolute atomic E-state index is 5.72. The van der Waals surface area contributed by atoms with Crippen LogP contribution in [0.4, 0.5) is 5.69 Å². The molecule has 0 heterocycles. The van der Waals surface area contributed by atoms with Gasteiger partial charge in [-0.05, 0) is 55.3 Å². The molecule has 102 valence electrons. The van der Waals surface area contributed by atoms with E-state index in [9.17, 15) is 0 Å². The summed E-state index contributed by atoms with van der Waals surface area (Å²) in [5, 5.41) is 0. The predicted molar refractivity (Wildman–Crippen MR) is 81.9 cm³/mol. The van der Waals surface area contributed by atoms with E-state index >= 15 is 0 Å². The molecule has 2 nitrogen and oxygen atoms in total. The number of anilines is 1. The molecule has 0 aliphatic heterocycles. The van der Waals surface area contributed by atoms with Crippen LogP contribution in [0.1, 0.15) is 37.7 Å². The third kappa shape index (κ3) is 4.61. The van der Waals surface area contributed by atoms with Crippen LogP contribution >= 0.6 is 0 Å². The molecule has 1 aromatic rings. The number of benzene rings is 1. The van der Waals surface area contributed by atoms with Crippen molar-refractivity contribution in [3.05, 3.63) is 29.8 Å². The lowest BCUT2D eigenvalue weighted by molar-refractivity contribution is 0.284. The number of nitrogen functional groups attached to an aromatic ring is 1. The first-order valence-corrected chi connectivity index (χ1v) is 7.20. The van der Waals surface area contributed by atoms with Crippen LogP contribution < -0.4 is 5.73 Å². The predicted octanol–water partition coefficient (Wildman–Crippen LogP) is 3.11. The highest BCUT2D eigenvalue weighted by Gasteiger charge is 2.24. The Hall–Kier alpha value is -1.46. The second-order valence-electron chi connectivity index (χ2n) is 5.74. The van der Waals surface area contributed by atoms with Crippen LogP contribution in [0.3, 0.4) is 0 Å². The normalized spacial score (nSPS) is 16.3. The quantitative estimate of drug-likeness (QED) is 0.600. The topological polar surface area (TPSA) is 29.3 Å². The Bertz CT molecular complexity index is 426. The molecule has 2 rings (SSSR count). The van der Waals surface area contributed by atoms with Crippen LogP contribution in [-0.2, 0) is 0 Å². The van der Waals surface area contributed by atoms with Crippen molar-refractivity contribution in [2.75, 3.05) is 25.4 Å². The Kier molecular flexibility index (Phi) is 4.87. The summed E-state index contributed by atoms with van der Waals surface area (Å²) in [4.78, 5) is 2.42. The van der Waals surface area contributed by atoms with Crippen molar-refractivity contribution in [2.24, 2.45) is 5.92 Å². The van der Waals surface area contributed by atoms with Gasteiger partial charge in [-0.25, -0.2) is 0 Å². The molecule has 1 fully saturated rings. The maximum Gasteiger partial charge on any atom is 0.0599 e. The van der Waals surface area contributed by atoms with E-state index in [2.05, 4.69) is 29.9 Å². The Morgan fingerprint density at radius 2 is 2.05 bits per heavy atom. The smallest absolute Gasteiger partial charge is 0.0599 e. The molecule has 2 N–H and O–H groups in total. The zero-order valence-electron chi connectivity index (χ0n) is 11.8. The monoisotopic (exact) mass is 256 g/mol. The molecular formula is C17H24N2. The summed E-state index contributed by atoms with van der Waals surface area (Å²) in [6, 6.07) is 8.23. The Morgan fingerprint density at radius 1 is 1.37 bits per heavy atom. The van der Waals surface area contributed by atoms with Gasteiger partial charge >= 0.3 is 0 Å². The van der Waals surface area contributed by atoms with Gasteiger partial charge in [-0.1, -0.05) is 25.0 Å². The number of nitrogens with zero attached hydrogens (tertiary/aromatic N) is 1. The first kappa shape index (κ1) is 14.0. The van der Waals surface area contributed by atoms with Crippen molar-refractivity contribution in [1.82, 2.24) is 4.90 Å². The van der Waals surface area contributed by atoms with E-state index in [0.717, 1.165) is 31.1 Å². The van der Waals surface area contributed by atoms with Gasteiger partial charge in [0.1, 0.15) is 0 Å². The van der Waals surface area contributed by atoms with E-state index < -0.39 is 0 Å². The van der Waals surface area contributed by atoms with Crippen molar-refractivity contribution in [3.8, 4) is 12.3 Å². The minimum absolute atomic E-state index is 0.556. The highest BCUT2D eigenvalue weighted by Crippen LogP contribution is 2.30. The van der Waals surface area contributed by atoms with E-state index in [1.54, 1.807) is 0 Å². The fourth-order valence-electron chi connectivity index (χ4n) is 2.40. The minimum atomic E-state index is 0.556. The summed E-state index contributed by atoms with van der Waals surface area (Å²) >= 11 is 0. The summed E-state index contributed by atoms with van der Waals surface area (Å²) < 4.78 is 0. The van der Waals surface area contributed by atoms with Gasteiger partial charge in [0.15, 0.2) is 0 Å². The standard InChI is InChI=1S/C17H24N2/c1-3-11-19(13-15-4-5-15)12-10-14(2)16-6-8-17(18)9-7-16/h1,6-9,14-15H,4-5,10-13,18H2,2H3. The molecule has 0 saturated heterocycles. The molecule has 1 aromatic carbocycles. The average Bonchev–Trinajstić information content (AvgIpc) is 3.21. The van der Waals surface area contributed by atoms with Crippen molar-refractivity contribution in [3.63, 3.8) is 0 Å². The SMILES string of the molecule is C#CCN(CCC(C)c1ccc(N)cc1)CC1CC1. The third-order valence-electron chi connectivity index (χ3n) is 3.91. The summed E-state index contributed by atoms with van der Waals surface area (Å²) in [6.45, 7) is 5.33. The number of hydrogen-bond acceptors (Lipinski definition) is 2. The first-order valence-electron chi connectivity index (χ1n) is 7.20. The second kappa shape index (κ2) is 6.63. The summed E-state index contributed by atoms with van der Waals surface area (Å²) in [6.07, 6.45) is 9.37. The second-order valence-corrected chi connectivity index (χ2v) is 5.74. The van der Waals surface area contributed by atoms with Crippen LogP contribution in [0.25, 0.3) is 0 Å². The zero-order chi connectivity index (χ0) is 13.7. The molecule has 0 amide bonds. The summed E-state index contributed by atoms with van der Waals surface area (Å²) in [5.74, 6) is 4.24. The van der Waals surface area contributed by atoms with Crippen molar-refractivity contribution >= 4 is 5.69 Å². The molecule has 19 heavy (non-hydrogen) atoms. The molecule has 2 heteroatoms. The van der Waals surface area contributed by atoms with Crippen molar-refractivity contribution in [1.29, 1.82) is 0 Å². The Labute approximate surface area is 117 Å². The lowest BCUT2D eigenvalue weighted by Gasteiger charge is -2.22. The van der Waals surface area contributed by atoms with Gasteiger partial charge < -0.3 is 5.73 Å². The maximum atomic E-state index is 5.72. The lowest BCUT2D eigenvalue weighted by atomic mass is 9.97. The molecule has 1 aliphatic rings. The molecule has 0 spiro atoms. The van der Waals surface area contributed by atoms with E-state index in [0.29, 0.717) is 5.92 Å². The fourth-order valence-corrected chi connectivity index (χ4v) is 2.40. The average molecular weight is 256 g/mol. The first-order chi connectivity index (χ1) is 9.19. The van der Waals surface area contributed by atoms with Crippen LogP contribution in [0.2, 0.25) is 0 Å². The van der Waals surface area contributed by atoms with Crippen LogP contribution in [0, 0.1) is 18.3 Å². The number of nitrogens with two attached hydrogens (primary N) is 1. The molecular weight excluding hydrogens is 232 g/mol.